The molecule has 0 aliphatic rings. The number of nitrogens with one attached hydrogen (secondary N) is 2. The van der Waals surface area contributed by atoms with Gasteiger partial charge in [0, 0.05) is 13.6 Å². The summed E-state index contributed by atoms with van der Waals surface area (Å²) in [5, 5.41) is 6.52. The van der Waals surface area contributed by atoms with E-state index in [1.54, 1.807) is 19.2 Å². The number of ether oxygens (including phenoxy) is 1. The number of hydrogen-bond donors (Lipinski definition) is 2. The van der Waals surface area contributed by atoms with Gasteiger partial charge in [0.05, 0.1) is 12.6 Å². The molecular weight excluding hydrogens is 482 g/mol. The molecule has 0 heterocycles. The molecule has 2 rings (SSSR count). The molecule has 0 amide bonds. The van der Waals surface area contributed by atoms with E-state index in [0.717, 1.165) is 11.1 Å². The van der Waals surface area contributed by atoms with Crippen LogP contribution in [0.3, 0.4) is 0 Å². The van der Waals surface area contributed by atoms with Crippen LogP contribution in [-0.4, -0.2) is 25.8 Å². The summed E-state index contributed by atoms with van der Waals surface area (Å²) >= 11 is 0. The summed E-state index contributed by atoms with van der Waals surface area (Å²) in [7, 11) is 1.69. The van der Waals surface area contributed by atoms with Crippen LogP contribution in [0.4, 0.5) is 13.2 Å². The normalized spacial score (nSPS) is 12.8. The molecule has 2 aromatic rings. The predicted octanol–water partition coefficient (Wildman–Crippen LogP) is 4.81. The molecule has 0 aromatic heterocycles. The van der Waals surface area contributed by atoms with Crippen LogP contribution in [-0.2, 0) is 17.9 Å². The Kier molecular flexibility index (Phi) is 10.3. The first-order valence-electron chi connectivity index (χ1n) is 8.62. The smallest absolute Gasteiger partial charge is 0.367 e. The molecule has 2 aromatic carbocycles. The average molecular weight is 507 g/mol. The maximum Gasteiger partial charge on any atom is 0.411 e. The van der Waals surface area contributed by atoms with Crippen molar-refractivity contribution in [2.75, 3.05) is 13.7 Å². The second-order valence-electron chi connectivity index (χ2n) is 6.13. The highest BCUT2D eigenvalue weighted by atomic mass is 127. The molecule has 0 saturated heterocycles. The minimum Gasteiger partial charge on any atom is -0.367 e. The molecule has 0 radical (unpaired) electrons. The van der Waals surface area contributed by atoms with E-state index in [0.29, 0.717) is 18.1 Å². The summed E-state index contributed by atoms with van der Waals surface area (Å²) in [5.41, 5.74) is 2.77. The van der Waals surface area contributed by atoms with Gasteiger partial charge in [-0.2, -0.15) is 13.2 Å². The molecule has 154 valence electrons. The van der Waals surface area contributed by atoms with Gasteiger partial charge in [-0.05, 0) is 23.6 Å². The van der Waals surface area contributed by atoms with Gasteiger partial charge >= 0.3 is 6.18 Å². The summed E-state index contributed by atoms with van der Waals surface area (Å²) in [6.45, 7) is 1.21. The Morgan fingerprint density at radius 1 is 1.07 bits per heavy atom. The highest BCUT2D eigenvalue weighted by molar-refractivity contribution is 14.0. The zero-order chi connectivity index (χ0) is 19.7. The number of benzene rings is 2. The molecule has 1 unspecified atom stereocenters. The second kappa shape index (κ2) is 11.9. The highest BCUT2D eigenvalue weighted by Gasteiger charge is 2.27. The van der Waals surface area contributed by atoms with Gasteiger partial charge in [0.1, 0.15) is 6.61 Å². The molecule has 0 fully saturated rings. The van der Waals surface area contributed by atoms with E-state index in [1.807, 2.05) is 49.4 Å². The first-order chi connectivity index (χ1) is 12.9. The summed E-state index contributed by atoms with van der Waals surface area (Å²) < 4.78 is 41.2. The average Bonchev–Trinajstić information content (AvgIpc) is 2.65. The van der Waals surface area contributed by atoms with E-state index in [-0.39, 0.29) is 36.6 Å². The van der Waals surface area contributed by atoms with Crippen molar-refractivity contribution >= 4 is 29.9 Å². The minimum atomic E-state index is -4.31. The van der Waals surface area contributed by atoms with Crippen molar-refractivity contribution in [1.29, 1.82) is 0 Å². The van der Waals surface area contributed by atoms with Crippen molar-refractivity contribution in [2.24, 2.45) is 4.99 Å². The molecular formula is C20H25F3IN3O. The van der Waals surface area contributed by atoms with Crippen molar-refractivity contribution in [3.8, 4) is 0 Å². The molecule has 1 atom stereocenters. The van der Waals surface area contributed by atoms with Crippen molar-refractivity contribution in [1.82, 2.24) is 10.6 Å². The standard InChI is InChI=1S/C20H24F3N3O.HI/c1-15(18-9-4-3-5-10-18)26-19(24-2)25-12-16-7-6-8-17(11-16)13-27-14-20(21,22)23;/h3-11,15H,12-14H2,1-2H3,(H2,24,25,26);1H. The number of hydrogen-bond acceptors (Lipinski definition) is 2. The van der Waals surface area contributed by atoms with Crippen LogP contribution in [0.25, 0.3) is 0 Å². The first kappa shape index (κ1) is 24.2. The van der Waals surface area contributed by atoms with Gasteiger partial charge in [0.15, 0.2) is 5.96 Å². The van der Waals surface area contributed by atoms with Crippen LogP contribution in [0.15, 0.2) is 59.6 Å². The number of aliphatic imine (C=N–C) groups is 1. The van der Waals surface area contributed by atoms with Gasteiger partial charge < -0.3 is 15.4 Å². The predicted molar refractivity (Wildman–Crippen MR) is 116 cm³/mol. The van der Waals surface area contributed by atoms with Crippen LogP contribution in [0.5, 0.6) is 0 Å². The minimum absolute atomic E-state index is 0. The third-order valence-corrected chi connectivity index (χ3v) is 3.86. The highest BCUT2D eigenvalue weighted by Crippen LogP contribution is 2.16. The van der Waals surface area contributed by atoms with Gasteiger partial charge in [-0.15, -0.1) is 24.0 Å². The van der Waals surface area contributed by atoms with Crippen molar-refractivity contribution in [3.63, 3.8) is 0 Å². The Labute approximate surface area is 180 Å². The Morgan fingerprint density at radius 3 is 2.39 bits per heavy atom. The van der Waals surface area contributed by atoms with Crippen LogP contribution < -0.4 is 10.6 Å². The molecule has 0 spiro atoms. The van der Waals surface area contributed by atoms with Crippen LogP contribution in [0, 0.1) is 0 Å². The van der Waals surface area contributed by atoms with Crippen molar-refractivity contribution < 1.29 is 17.9 Å². The monoisotopic (exact) mass is 507 g/mol. The SMILES string of the molecule is CN=C(NCc1cccc(COCC(F)(F)F)c1)NC(C)c1ccccc1.I. The Hall–Kier alpha value is -1.81. The third-order valence-electron chi connectivity index (χ3n) is 3.86. The lowest BCUT2D eigenvalue weighted by atomic mass is 10.1. The summed E-state index contributed by atoms with van der Waals surface area (Å²) in [6, 6.07) is 17.3. The Morgan fingerprint density at radius 2 is 1.75 bits per heavy atom. The molecule has 28 heavy (non-hydrogen) atoms. The summed E-state index contributed by atoms with van der Waals surface area (Å²) in [4.78, 5) is 4.21. The van der Waals surface area contributed by atoms with E-state index in [1.165, 1.54) is 0 Å². The largest absolute Gasteiger partial charge is 0.411 e. The van der Waals surface area contributed by atoms with Crippen molar-refractivity contribution in [2.45, 2.75) is 32.3 Å². The maximum absolute atomic E-state index is 12.2. The summed E-state index contributed by atoms with van der Waals surface area (Å²) in [5.74, 6) is 0.644. The molecule has 4 nitrogen and oxygen atoms in total. The first-order valence-corrected chi connectivity index (χ1v) is 8.62. The summed E-state index contributed by atoms with van der Waals surface area (Å²) in [6.07, 6.45) is -4.31. The Bertz CT molecular complexity index is 739. The number of alkyl halides is 3. The molecule has 0 aliphatic carbocycles. The zero-order valence-corrected chi connectivity index (χ0v) is 18.1. The van der Waals surface area contributed by atoms with Crippen LogP contribution >= 0.6 is 24.0 Å². The lowest BCUT2D eigenvalue weighted by Crippen LogP contribution is -2.38. The maximum atomic E-state index is 12.2. The molecule has 2 N–H and O–H groups in total. The lowest BCUT2D eigenvalue weighted by Gasteiger charge is -2.18. The van der Waals surface area contributed by atoms with Crippen molar-refractivity contribution in [3.05, 3.63) is 71.3 Å². The molecule has 8 heteroatoms. The van der Waals surface area contributed by atoms with Crippen LogP contribution in [0.2, 0.25) is 0 Å². The topological polar surface area (TPSA) is 45.7 Å². The molecule has 0 saturated carbocycles. The fourth-order valence-electron chi connectivity index (χ4n) is 2.52. The van der Waals surface area contributed by atoms with E-state index < -0.39 is 12.8 Å². The Balaban J connectivity index is 0.00000392. The fourth-order valence-corrected chi connectivity index (χ4v) is 2.52. The van der Waals surface area contributed by atoms with Gasteiger partial charge in [-0.3, -0.25) is 4.99 Å². The van der Waals surface area contributed by atoms with E-state index >= 15 is 0 Å². The van der Waals surface area contributed by atoms with E-state index in [9.17, 15) is 13.2 Å². The van der Waals surface area contributed by atoms with E-state index in [4.69, 9.17) is 4.74 Å². The second-order valence-corrected chi connectivity index (χ2v) is 6.13. The molecule has 0 bridgehead atoms. The number of nitrogens with zero attached hydrogens (tertiary/aromatic N) is 1. The molecule has 0 aliphatic heterocycles. The van der Waals surface area contributed by atoms with Crippen LogP contribution in [0.1, 0.15) is 29.7 Å². The number of rotatable bonds is 7. The van der Waals surface area contributed by atoms with Gasteiger partial charge in [-0.25, -0.2) is 0 Å². The van der Waals surface area contributed by atoms with Gasteiger partial charge in [0.25, 0.3) is 0 Å². The number of halogens is 4. The number of guanidine groups is 1. The van der Waals surface area contributed by atoms with E-state index in [2.05, 4.69) is 15.6 Å². The fraction of sp³-hybridized carbons (Fsp3) is 0.350. The van der Waals surface area contributed by atoms with Gasteiger partial charge in [0.2, 0.25) is 0 Å². The lowest BCUT2D eigenvalue weighted by molar-refractivity contribution is -0.176. The zero-order valence-electron chi connectivity index (χ0n) is 15.8. The quantitative estimate of drug-likeness (QED) is 0.322. The third kappa shape index (κ3) is 8.92. The van der Waals surface area contributed by atoms with Gasteiger partial charge in [-0.1, -0.05) is 54.6 Å².